The summed E-state index contributed by atoms with van der Waals surface area (Å²) >= 11 is 0. The number of carbonyl (C=O) groups excluding carboxylic acids is 1. The number of rotatable bonds is 2. The third-order valence-electron chi connectivity index (χ3n) is 9.04. The molecule has 0 spiro atoms. The van der Waals surface area contributed by atoms with E-state index in [-0.39, 0.29) is 0 Å². The van der Waals surface area contributed by atoms with Gasteiger partial charge in [0.15, 0.2) is 6.29 Å². The maximum Gasteiger partial charge on any atom is 0.210 e. The van der Waals surface area contributed by atoms with Crippen LogP contribution in [-0.4, -0.2) is 32.5 Å². The van der Waals surface area contributed by atoms with Crippen LogP contribution in [0.2, 0.25) is 0 Å². The second-order valence-corrected chi connectivity index (χ2v) is 11.0. The summed E-state index contributed by atoms with van der Waals surface area (Å²) in [5.41, 5.74) is 11.3. The number of fused-ring (bicyclic) bond motifs is 4. The molecule has 0 bridgehead atoms. The van der Waals surface area contributed by atoms with Crippen LogP contribution in [0.3, 0.4) is 0 Å². The standard InChI is InChI=1S/C32H31N2O2/c35-19-22-7-1-2-10-23(22)28-26-17-20-8-3-13-33-15-5-11-24(29(20)33)31(26)36-32-25-12-6-16-34-14-4-9-21(30(25)34)18-27(28)32/h1-2,7,10,17-19H,3-6,8-9,11-16H2/q+1. The van der Waals surface area contributed by atoms with Crippen LogP contribution in [-0.2, 0) is 25.7 Å². The van der Waals surface area contributed by atoms with E-state index in [1.165, 1.54) is 75.3 Å². The fourth-order valence-electron chi connectivity index (χ4n) is 7.63. The minimum atomic E-state index is 0.757. The van der Waals surface area contributed by atoms with Gasteiger partial charge in [0.1, 0.15) is 24.6 Å². The largest absolute Gasteiger partial charge is 0.455 e. The topological polar surface area (TPSA) is 32.5 Å². The number of benzene rings is 3. The van der Waals surface area contributed by atoms with Crippen molar-refractivity contribution in [3.05, 3.63) is 85.9 Å². The number of aryl methyl sites for hydroxylation is 2. The van der Waals surface area contributed by atoms with Gasteiger partial charge in [-0.1, -0.05) is 24.3 Å². The summed E-state index contributed by atoms with van der Waals surface area (Å²) in [7, 11) is 0. The van der Waals surface area contributed by atoms with Gasteiger partial charge in [-0.15, -0.1) is 0 Å². The Hall–Kier alpha value is -3.40. The van der Waals surface area contributed by atoms with Gasteiger partial charge in [0.05, 0.1) is 5.56 Å². The van der Waals surface area contributed by atoms with Crippen LogP contribution >= 0.6 is 0 Å². The minimum absolute atomic E-state index is 0.757. The highest BCUT2D eigenvalue weighted by atomic mass is 16.5. The summed E-state index contributed by atoms with van der Waals surface area (Å²) in [6.07, 6.45) is 10.1. The minimum Gasteiger partial charge on any atom is -0.455 e. The van der Waals surface area contributed by atoms with E-state index in [1.807, 2.05) is 12.1 Å². The van der Waals surface area contributed by atoms with E-state index in [0.29, 0.717) is 0 Å². The fourth-order valence-corrected chi connectivity index (χ4v) is 7.63. The first-order valence-electron chi connectivity index (χ1n) is 13.8. The van der Waals surface area contributed by atoms with E-state index in [0.717, 1.165) is 80.8 Å². The van der Waals surface area contributed by atoms with Crippen LogP contribution in [0.4, 0.5) is 5.69 Å². The normalized spacial score (nSPS) is 19.1. The smallest absolute Gasteiger partial charge is 0.210 e. The third-order valence-corrected chi connectivity index (χ3v) is 9.04. The van der Waals surface area contributed by atoms with Crippen molar-refractivity contribution in [2.45, 2.75) is 51.4 Å². The molecule has 0 radical (unpaired) electrons. The molecule has 0 aliphatic carbocycles. The van der Waals surface area contributed by atoms with Crippen molar-refractivity contribution >= 4 is 17.5 Å². The van der Waals surface area contributed by atoms with Gasteiger partial charge in [-0.05, 0) is 61.8 Å². The van der Waals surface area contributed by atoms with E-state index >= 15 is 0 Å². The molecular formula is C32H31N2O2+. The van der Waals surface area contributed by atoms with E-state index in [9.17, 15) is 4.79 Å². The Morgan fingerprint density at radius 3 is 2.47 bits per heavy atom. The highest BCUT2D eigenvalue weighted by Gasteiger charge is 2.35. The van der Waals surface area contributed by atoms with Crippen molar-refractivity contribution in [1.82, 2.24) is 4.58 Å². The second kappa shape index (κ2) is 7.80. The number of hydrogen-bond acceptors (Lipinski definition) is 3. The number of nitrogens with zero attached hydrogens (tertiary/aromatic N) is 2. The monoisotopic (exact) mass is 475 g/mol. The Morgan fingerprint density at radius 2 is 1.58 bits per heavy atom. The van der Waals surface area contributed by atoms with E-state index in [1.54, 1.807) is 0 Å². The van der Waals surface area contributed by atoms with Gasteiger partial charge in [0, 0.05) is 64.7 Å². The quantitative estimate of drug-likeness (QED) is 0.325. The van der Waals surface area contributed by atoms with Gasteiger partial charge < -0.3 is 9.64 Å². The Bertz CT molecular complexity index is 1590. The lowest BCUT2D eigenvalue weighted by atomic mass is 9.82. The maximum absolute atomic E-state index is 12.3. The first-order chi connectivity index (χ1) is 17.8. The highest BCUT2D eigenvalue weighted by Crippen LogP contribution is 2.48. The van der Waals surface area contributed by atoms with Gasteiger partial charge in [-0.3, -0.25) is 4.79 Å². The number of anilines is 1. The van der Waals surface area contributed by atoms with Gasteiger partial charge in [0.2, 0.25) is 5.36 Å². The predicted octanol–water partition coefficient (Wildman–Crippen LogP) is 3.93. The summed E-state index contributed by atoms with van der Waals surface area (Å²) < 4.78 is 9.67. The lowest BCUT2D eigenvalue weighted by Gasteiger charge is -2.39. The van der Waals surface area contributed by atoms with Crippen molar-refractivity contribution in [3.63, 3.8) is 0 Å². The SMILES string of the molecule is O=Cc1ccccc1C1=c2cc3c4c(c2Oc2c1cc1c5c2CCCN5CCC1)CCC[N+]=4CCC3. The van der Waals surface area contributed by atoms with Crippen LogP contribution in [0.5, 0.6) is 11.5 Å². The van der Waals surface area contributed by atoms with Crippen LogP contribution in [0.25, 0.3) is 5.57 Å². The van der Waals surface area contributed by atoms with Crippen molar-refractivity contribution in [2.24, 2.45) is 0 Å². The highest BCUT2D eigenvalue weighted by molar-refractivity contribution is 5.95. The molecule has 0 atom stereocenters. The molecule has 8 rings (SSSR count). The summed E-state index contributed by atoms with van der Waals surface area (Å²) in [6, 6.07) is 12.9. The lowest BCUT2D eigenvalue weighted by molar-refractivity contribution is 0.112. The molecule has 0 saturated heterocycles. The Labute approximate surface area is 211 Å². The molecule has 5 aliphatic heterocycles. The molecule has 4 nitrogen and oxygen atoms in total. The number of ether oxygens (including phenoxy) is 1. The summed E-state index contributed by atoms with van der Waals surface area (Å²) in [4.78, 5) is 14.8. The number of hydrogen-bond donors (Lipinski definition) is 0. The Kier molecular flexibility index (Phi) is 4.50. The first-order valence-corrected chi connectivity index (χ1v) is 13.8. The lowest BCUT2D eigenvalue weighted by Crippen LogP contribution is -2.45. The first kappa shape index (κ1) is 20.8. The van der Waals surface area contributed by atoms with Crippen LogP contribution < -0.4 is 24.8 Å². The van der Waals surface area contributed by atoms with E-state index < -0.39 is 0 Å². The van der Waals surface area contributed by atoms with Crippen LogP contribution in [0.1, 0.15) is 69.4 Å². The molecule has 3 aromatic rings. The van der Waals surface area contributed by atoms with E-state index in [4.69, 9.17) is 4.74 Å². The van der Waals surface area contributed by atoms with Crippen LogP contribution in [0.15, 0.2) is 36.4 Å². The number of carbonyl (C=O) groups is 1. The average Bonchev–Trinajstić information content (AvgIpc) is 2.93. The second-order valence-electron chi connectivity index (χ2n) is 11.0. The molecule has 0 N–H and O–H groups in total. The molecule has 5 heterocycles. The molecule has 0 fully saturated rings. The van der Waals surface area contributed by atoms with Gasteiger partial charge in [-0.25, -0.2) is 4.58 Å². The van der Waals surface area contributed by atoms with Gasteiger partial charge in [-0.2, -0.15) is 0 Å². The molecular weight excluding hydrogens is 444 g/mol. The molecule has 4 heteroatoms. The molecule has 180 valence electrons. The zero-order chi connectivity index (χ0) is 23.8. The average molecular weight is 476 g/mol. The predicted molar refractivity (Wildman–Crippen MR) is 142 cm³/mol. The van der Waals surface area contributed by atoms with Gasteiger partial charge >= 0.3 is 0 Å². The molecule has 36 heavy (non-hydrogen) atoms. The summed E-state index contributed by atoms with van der Waals surface area (Å²) in [5.74, 6) is 2.10. The molecule has 0 amide bonds. The summed E-state index contributed by atoms with van der Waals surface area (Å²) in [6.45, 7) is 4.59. The zero-order valence-corrected chi connectivity index (χ0v) is 20.7. The summed E-state index contributed by atoms with van der Waals surface area (Å²) in [5, 5.41) is 2.62. The van der Waals surface area contributed by atoms with Crippen molar-refractivity contribution in [1.29, 1.82) is 0 Å². The maximum atomic E-state index is 12.3. The molecule has 0 unspecified atom stereocenters. The Balaban J connectivity index is 1.54. The molecule has 0 saturated carbocycles. The number of aldehydes is 1. The van der Waals surface area contributed by atoms with Crippen molar-refractivity contribution < 1.29 is 9.53 Å². The van der Waals surface area contributed by atoms with Crippen molar-refractivity contribution in [3.8, 4) is 11.5 Å². The van der Waals surface area contributed by atoms with Crippen LogP contribution in [0, 0.1) is 0 Å². The fraction of sp³-hybridized carbons (Fsp3) is 0.375. The Morgan fingerprint density at radius 1 is 0.806 bits per heavy atom. The van der Waals surface area contributed by atoms with Crippen molar-refractivity contribution in [2.75, 3.05) is 31.1 Å². The molecule has 5 aliphatic rings. The molecule has 0 aromatic heterocycles. The van der Waals surface area contributed by atoms with Gasteiger partial charge in [0.25, 0.3) is 0 Å². The zero-order valence-electron chi connectivity index (χ0n) is 20.7. The van der Waals surface area contributed by atoms with E-state index in [2.05, 4.69) is 33.7 Å². The third kappa shape index (κ3) is 2.81. The molecule has 3 aromatic carbocycles.